The number of hydrogen-bond donors (Lipinski definition) is 1. The number of rotatable bonds is 5. The lowest BCUT2D eigenvalue weighted by Crippen LogP contribution is -2.12. The smallest absolute Gasteiger partial charge is 0.0858 e. The maximum absolute atomic E-state index is 9.55. The van der Waals surface area contributed by atoms with Crippen molar-refractivity contribution < 1.29 is 5.11 Å². The molecule has 0 aliphatic heterocycles. The Kier molecular flexibility index (Phi) is 8.66. The van der Waals surface area contributed by atoms with Crippen molar-refractivity contribution in [2.45, 2.75) is 31.7 Å². The van der Waals surface area contributed by atoms with Crippen molar-refractivity contribution in [3.05, 3.63) is 21.2 Å². The van der Waals surface area contributed by atoms with Gasteiger partial charge >= 0.3 is 0 Å². The molecule has 0 saturated carbocycles. The molecule has 0 amide bonds. The standard InChI is InChI=1S/C10H14Br2Cl2O/c1-6(4-11)8(13)3-9(14)7(2)10(15)5-12/h4,8,10,15H,3,5H2,1-2H3/b6-4-,9-7+/t8-,10-/m1/s1. The van der Waals surface area contributed by atoms with E-state index in [0.717, 1.165) is 11.1 Å². The lowest BCUT2D eigenvalue weighted by molar-refractivity contribution is 0.236. The number of allylic oxidation sites excluding steroid dienone is 2. The molecule has 0 rings (SSSR count). The van der Waals surface area contributed by atoms with E-state index < -0.39 is 6.10 Å². The van der Waals surface area contributed by atoms with Crippen LogP contribution in [0.2, 0.25) is 0 Å². The molecule has 0 aromatic heterocycles. The van der Waals surface area contributed by atoms with Crippen molar-refractivity contribution in [3.8, 4) is 0 Å². The Labute approximate surface area is 118 Å². The van der Waals surface area contributed by atoms with E-state index in [1.54, 1.807) is 4.99 Å². The van der Waals surface area contributed by atoms with Gasteiger partial charge in [-0.25, -0.2) is 0 Å². The summed E-state index contributed by atoms with van der Waals surface area (Å²) < 4.78 is 0. The van der Waals surface area contributed by atoms with Crippen molar-refractivity contribution in [1.29, 1.82) is 0 Å². The zero-order chi connectivity index (χ0) is 12.0. The summed E-state index contributed by atoms with van der Waals surface area (Å²) in [5.74, 6) is 0. The van der Waals surface area contributed by atoms with Crippen LogP contribution in [0.3, 0.4) is 0 Å². The third kappa shape index (κ3) is 5.73. The van der Waals surface area contributed by atoms with Gasteiger partial charge < -0.3 is 5.11 Å². The van der Waals surface area contributed by atoms with Crippen LogP contribution in [-0.4, -0.2) is 21.9 Å². The number of alkyl halides is 2. The summed E-state index contributed by atoms with van der Waals surface area (Å²) in [6, 6.07) is 0. The third-order valence-electron chi connectivity index (χ3n) is 2.10. The molecular weight excluding hydrogens is 367 g/mol. The maximum atomic E-state index is 9.55. The molecule has 0 aromatic rings. The van der Waals surface area contributed by atoms with Gasteiger partial charge in [-0.1, -0.05) is 43.5 Å². The zero-order valence-corrected chi connectivity index (χ0v) is 13.3. The first-order valence-electron chi connectivity index (χ1n) is 4.44. The fraction of sp³-hybridized carbons (Fsp3) is 0.600. The Morgan fingerprint density at radius 1 is 1.47 bits per heavy atom. The number of aliphatic hydroxyl groups excluding tert-OH is 1. The molecule has 0 radical (unpaired) electrons. The summed E-state index contributed by atoms with van der Waals surface area (Å²) in [6.07, 6.45) is -0.0120. The second-order valence-corrected chi connectivity index (χ2v) is 5.37. The van der Waals surface area contributed by atoms with E-state index in [1.165, 1.54) is 0 Å². The first kappa shape index (κ1) is 16.0. The topological polar surface area (TPSA) is 20.2 Å². The van der Waals surface area contributed by atoms with Crippen LogP contribution >= 0.6 is 55.1 Å². The summed E-state index contributed by atoms with van der Waals surface area (Å²) in [5, 5.41) is 10.5. The van der Waals surface area contributed by atoms with Crippen molar-refractivity contribution >= 4 is 55.1 Å². The molecule has 0 aromatic carbocycles. The van der Waals surface area contributed by atoms with Gasteiger partial charge in [0.05, 0.1) is 11.5 Å². The highest BCUT2D eigenvalue weighted by molar-refractivity contribution is 9.11. The molecule has 0 spiro atoms. The number of halogens is 4. The zero-order valence-electron chi connectivity index (χ0n) is 8.61. The van der Waals surface area contributed by atoms with Crippen molar-refractivity contribution in [2.75, 3.05) is 5.33 Å². The second-order valence-electron chi connectivity index (χ2n) is 3.28. The minimum absolute atomic E-state index is 0.144. The quantitative estimate of drug-likeness (QED) is 0.693. The molecule has 1 N–H and O–H groups in total. The molecule has 1 nitrogen and oxygen atoms in total. The van der Waals surface area contributed by atoms with E-state index in [2.05, 4.69) is 31.9 Å². The molecule has 88 valence electrons. The van der Waals surface area contributed by atoms with E-state index in [9.17, 15) is 5.11 Å². The predicted molar refractivity (Wildman–Crippen MR) is 75.3 cm³/mol. The Morgan fingerprint density at radius 2 is 2.00 bits per heavy atom. The van der Waals surface area contributed by atoms with Crippen LogP contribution in [0, 0.1) is 0 Å². The summed E-state index contributed by atoms with van der Waals surface area (Å²) in [6.45, 7) is 3.73. The molecule has 0 bridgehead atoms. The molecule has 0 aliphatic carbocycles. The summed E-state index contributed by atoms with van der Waals surface area (Å²) in [5.41, 5.74) is 1.78. The summed E-state index contributed by atoms with van der Waals surface area (Å²) in [4.78, 5) is 1.78. The van der Waals surface area contributed by atoms with Gasteiger partial charge in [-0.05, 0) is 30.0 Å². The fourth-order valence-electron chi connectivity index (χ4n) is 0.844. The van der Waals surface area contributed by atoms with Gasteiger partial charge in [0.1, 0.15) is 0 Å². The van der Waals surface area contributed by atoms with Gasteiger partial charge in [-0.3, -0.25) is 0 Å². The monoisotopic (exact) mass is 378 g/mol. The molecule has 2 atom stereocenters. The maximum Gasteiger partial charge on any atom is 0.0858 e. The highest BCUT2D eigenvalue weighted by Gasteiger charge is 2.14. The van der Waals surface area contributed by atoms with Crippen molar-refractivity contribution in [2.24, 2.45) is 0 Å². The van der Waals surface area contributed by atoms with Crippen LogP contribution in [-0.2, 0) is 0 Å². The van der Waals surface area contributed by atoms with Gasteiger partial charge in [-0.2, -0.15) is 0 Å². The van der Waals surface area contributed by atoms with E-state index in [-0.39, 0.29) is 5.38 Å². The summed E-state index contributed by atoms with van der Waals surface area (Å²) >= 11 is 18.6. The van der Waals surface area contributed by atoms with Crippen molar-refractivity contribution in [1.82, 2.24) is 0 Å². The lowest BCUT2D eigenvalue weighted by Gasteiger charge is -2.13. The molecule has 0 saturated heterocycles. The van der Waals surface area contributed by atoms with E-state index >= 15 is 0 Å². The minimum Gasteiger partial charge on any atom is -0.388 e. The first-order chi connectivity index (χ1) is 6.93. The number of hydrogen-bond acceptors (Lipinski definition) is 1. The molecule has 0 heterocycles. The largest absolute Gasteiger partial charge is 0.388 e. The Bertz CT molecular complexity index is 264. The lowest BCUT2D eigenvalue weighted by atomic mass is 10.1. The molecular formula is C10H14Br2Cl2O. The van der Waals surface area contributed by atoms with Crippen LogP contribution in [0.15, 0.2) is 21.2 Å². The highest BCUT2D eigenvalue weighted by Crippen LogP contribution is 2.25. The molecule has 0 fully saturated rings. The SMILES string of the molecule is C/C(=C/Br)[C@H](Cl)C/C(Cl)=C(/C)[C@H](O)CBr. The van der Waals surface area contributed by atoms with Crippen LogP contribution < -0.4 is 0 Å². The van der Waals surface area contributed by atoms with Gasteiger partial charge in [0, 0.05) is 16.8 Å². The molecule has 5 heteroatoms. The predicted octanol–water partition coefficient (Wildman–Crippen LogP) is 4.55. The van der Waals surface area contributed by atoms with Crippen molar-refractivity contribution in [3.63, 3.8) is 0 Å². The fourth-order valence-corrected chi connectivity index (χ4v) is 2.38. The molecule has 0 unspecified atom stereocenters. The first-order valence-corrected chi connectivity index (χ1v) is 7.29. The Hall–Kier alpha value is 0.980. The average Bonchev–Trinajstić information content (AvgIpc) is 2.25. The molecule has 0 aliphatic rings. The van der Waals surface area contributed by atoms with Gasteiger partial charge in [0.25, 0.3) is 0 Å². The van der Waals surface area contributed by atoms with Gasteiger partial charge in [-0.15, -0.1) is 11.6 Å². The minimum atomic E-state index is -0.547. The van der Waals surface area contributed by atoms with Crippen LogP contribution in [0.25, 0.3) is 0 Å². The highest BCUT2D eigenvalue weighted by atomic mass is 79.9. The van der Waals surface area contributed by atoms with E-state index in [4.69, 9.17) is 23.2 Å². The van der Waals surface area contributed by atoms with Gasteiger partial charge in [0.2, 0.25) is 0 Å². The normalized spacial score (nSPS) is 18.5. The Morgan fingerprint density at radius 3 is 2.40 bits per heavy atom. The van der Waals surface area contributed by atoms with Gasteiger partial charge in [0.15, 0.2) is 0 Å². The van der Waals surface area contributed by atoms with Crippen LogP contribution in [0.5, 0.6) is 0 Å². The molecule has 15 heavy (non-hydrogen) atoms. The van der Waals surface area contributed by atoms with E-state index in [1.807, 2.05) is 13.8 Å². The van der Waals surface area contributed by atoms with Crippen LogP contribution in [0.1, 0.15) is 20.3 Å². The number of aliphatic hydroxyl groups is 1. The third-order valence-corrected chi connectivity index (χ3v) is 4.38. The van der Waals surface area contributed by atoms with Crippen LogP contribution in [0.4, 0.5) is 0 Å². The van der Waals surface area contributed by atoms with E-state index in [0.29, 0.717) is 16.8 Å². The average molecular weight is 381 g/mol. The Balaban J connectivity index is 4.53. The summed E-state index contributed by atoms with van der Waals surface area (Å²) in [7, 11) is 0. The second kappa shape index (κ2) is 8.13.